The van der Waals surface area contributed by atoms with E-state index in [1.54, 1.807) is 6.92 Å². The van der Waals surface area contributed by atoms with Crippen molar-refractivity contribution in [2.45, 2.75) is 94.7 Å². The van der Waals surface area contributed by atoms with Gasteiger partial charge in [-0.1, -0.05) is 13.8 Å². The lowest BCUT2D eigenvalue weighted by molar-refractivity contribution is -0.145. The molecule has 0 spiro atoms. The number of alkyl halides is 6. The number of hydrogen-bond acceptors (Lipinski definition) is 6. The van der Waals surface area contributed by atoms with Gasteiger partial charge < -0.3 is 29.8 Å². The molecule has 9 nitrogen and oxygen atoms in total. The minimum atomic E-state index is -5.12. The van der Waals surface area contributed by atoms with Gasteiger partial charge in [0.15, 0.2) is 0 Å². The highest BCUT2D eigenvalue weighted by Crippen LogP contribution is 2.52. The Morgan fingerprint density at radius 3 is 2.33 bits per heavy atom. The Hall–Kier alpha value is -2.85. The topological polar surface area (TPSA) is 123 Å². The number of carbonyl (C=O) groups is 3. The van der Waals surface area contributed by atoms with Gasteiger partial charge >= 0.3 is 25.4 Å². The molecule has 1 aliphatic carbocycles. The van der Waals surface area contributed by atoms with Gasteiger partial charge in [-0.05, 0) is 62.6 Å². The normalized spacial score (nSPS) is 29.9. The van der Waals surface area contributed by atoms with Gasteiger partial charge in [0.05, 0.1) is 46.9 Å². The van der Waals surface area contributed by atoms with E-state index in [0.717, 1.165) is 0 Å². The van der Waals surface area contributed by atoms with E-state index in [-0.39, 0.29) is 30.5 Å². The average molecular weight is 620 g/mol. The van der Waals surface area contributed by atoms with Crippen molar-refractivity contribution in [1.82, 2.24) is 10.6 Å². The molecule has 5 rings (SSSR count). The molecule has 2 amide bonds. The lowest BCUT2D eigenvalue weighted by Gasteiger charge is -2.33. The number of nitrogens with one attached hydrogen (secondary N) is 2. The summed E-state index contributed by atoms with van der Waals surface area (Å²) in [6.07, 6.45) is -10.6. The van der Waals surface area contributed by atoms with Crippen molar-refractivity contribution in [2.24, 2.45) is 17.8 Å². The zero-order chi connectivity index (χ0) is 31.6. The first-order chi connectivity index (χ1) is 19.9. The molecule has 2 bridgehead atoms. The minimum Gasteiger partial charge on any atom is -0.481 e. The number of fused-ring (bicyclic) bond motifs is 5. The second kappa shape index (κ2) is 10.9. The van der Waals surface area contributed by atoms with E-state index in [2.05, 4.69) is 10.6 Å². The molecule has 43 heavy (non-hydrogen) atoms. The molecule has 6 unspecified atom stereocenters. The fourth-order valence-electron chi connectivity index (χ4n) is 6.28. The number of halogens is 6. The minimum absolute atomic E-state index is 0.00101. The predicted molar refractivity (Wildman–Crippen MR) is 136 cm³/mol. The Bertz CT molecular complexity index is 1290. The molecule has 236 valence electrons. The van der Waals surface area contributed by atoms with Crippen LogP contribution in [0.4, 0.5) is 26.3 Å². The van der Waals surface area contributed by atoms with Crippen LogP contribution in [0.25, 0.3) is 0 Å². The van der Waals surface area contributed by atoms with Gasteiger partial charge in [-0.15, -0.1) is 0 Å². The Labute approximate surface area is 243 Å². The molecule has 4 fully saturated rings. The molecular weight excluding hydrogens is 589 g/mol. The molecule has 1 aromatic rings. The number of carbonyl (C=O) groups excluding carboxylic acids is 2. The van der Waals surface area contributed by atoms with Crippen molar-refractivity contribution in [3.63, 3.8) is 0 Å². The summed E-state index contributed by atoms with van der Waals surface area (Å²) in [4.78, 5) is 38.2. The van der Waals surface area contributed by atoms with Crippen molar-refractivity contribution in [2.75, 3.05) is 0 Å². The summed E-state index contributed by atoms with van der Waals surface area (Å²) in [7, 11) is -1.02. The SMILES string of the molecule is CC(C)C[C@H](NC(=O)C(NC(=O)c1cc(C(F)(F)F)ccc1C(F)(F)F)C1CC1)B1OC2C3OC(CC3C(=O)O)C2(C)O1. The first-order valence-electron chi connectivity index (χ1n) is 14.0. The van der Waals surface area contributed by atoms with Crippen LogP contribution in [0.5, 0.6) is 0 Å². The van der Waals surface area contributed by atoms with Crippen LogP contribution in [0.1, 0.15) is 67.9 Å². The highest BCUT2D eigenvalue weighted by atomic mass is 19.4. The number of rotatable bonds is 9. The first-order valence-corrected chi connectivity index (χ1v) is 14.0. The molecule has 1 aromatic carbocycles. The first kappa shape index (κ1) is 31.6. The number of amides is 2. The van der Waals surface area contributed by atoms with Crippen LogP contribution >= 0.6 is 0 Å². The maximum atomic E-state index is 13.6. The Balaban J connectivity index is 1.35. The van der Waals surface area contributed by atoms with E-state index in [1.807, 2.05) is 13.8 Å². The number of ether oxygens (including phenoxy) is 1. The fourth-order valence-corrected chi connectivity index (χ4v) is 6.28. The second-order valence-corrected chi connectivity index (χ2v) is 12.3. The Morgan fingerprint density at radius 2 is 1.77 bits per heavy atom. The number of carboxylic acids is 1. The van der Waals surface area contributed by atoms with Crippen molar-refractivity contribution in [3.05, 3.63) is 34.9 Å². The van der Waals surface area contributed by atoms with Crippen molar-refractivity contribution >= 4 is 24.9 Å². The third-order valence-corrected chi connectivity index (χ3v) is 8.60. The Kier molecular flexibility index (Phi) is 8.04. The van der Waals surface area contributed by atoms with Gasteiger partial charge in [-0.2, -0.15) is 26.3 Å². The molecule has 3 N–H and O–H groups in total. The van der Waals surface area contributed by atoms with Crippen LogP contribution in [0.2, 0.25) is 0 Å². The number of hydrogen-bond donors (Lipinski definition) is 3. The van der Waals surface area contributed by atoms with E-state index in [9.17, 15) is 45.8 Å². The summed E-state index contributed by atoms with van der Waals surface area (Å²) in [5, 5.41) is 14.6. The second-order valence-electron chi connectivity index (χ2n) is 12.3. The van der Waals surface area contributed by atoms with Gasteiger partial charge in [-0.3, -0.25) is 14.4 Å². The standard InChI is InChI=1S/C27H31BF6N2O7/c1-11(2)8-18(28-42-21-20-15(24(39)40)10-17(41-20)25(21,3)43-28)35-23(38)19(12-4-5-12)36-22(37)14-9-13(26(29,30)31)6-7-16(14)27(32,33)34/h6-7,9,11-12,15,17-21H,4-5,8,10H2,1-3H3,(H,35,38)(H,36,37)(H,39,40)/t15?,17?,18-,19?,20?,21?,25?/m0/s1. The van der Waals surface area contributed by atoms with Gasteiger partial charge in [0.1, 0.15) is 11.6 Å². The number of aliphatic carboxylic acids is 1. The maximum Gasteiger partial charge on any atom is 0.481 e. The van der Waals surface area contributed by atoms with E-state index in [0.29, 0.717) is 19.3 Å². The lowest BCUT2D eigenvalue weighted by Crippen LogP contribution is -2.56. The van der Waals surface area contributed by atoms with E-state index in [1.165, 1.54) is 0 Å². The van der Waals surface area contributed by atoms with Crippen LogP contribution in [0.15, 0.2) is 18.2 Å². The molecule has 0 aromatic heterocycles. The predicted octanol–water partition coefficient (Wildman–Crippen LogP) is 3.84. The van der Waals surface area contributed by atoms with Crippen LogP contribution in [0.3, 0.4) is 0 Å². The van der Waals surface area contributed by atoms with Crippen LogP contribution in [-0.2, 0) is 36.0 Å². The van der Waals surface area contributed by atoms with Crippen LogP contribution in [-0.4, -0.2) is 65.9 Å². The molecular formula is C27H31BF6N2O7. The van der Waals surface area contributed by atoms with Crippen LogP contribution in [0, 0.1) is 17.8 Å². The third kappa shape index (κ3) is 6.10. The van der Waals surface area contributed by atoms with Gasteiger partial charge in [-0.25, -0.2) is 0 Å². The van der Waals surface area contributed by atoms with Gasteiger partial charge in [0.2, 0.25) is 5.91 Å². The fraction of sp³-hybridized carbons (Fsp3) is 0.667. The van der Waals surface area contributed by atoms with Gasteiger partial charge in [0.25, 0.3) is 5.91 Å². The highest BCUT2D eigenvalue weighted by Gasteiger charge is 2.69. The largest absolute Gasteiger partial charge is 0.481 e. The van der Waals surface area contributed by atoms with Crippen molar-refractivity contribution < 1.29 is 59.9 Å². The Morgan fingerprint density at radius 1 is 1.09 bits per heavy atom. The average Bonchev–Trinajstić information content (AvgIpc) is 3.42. The molecule has 16 heteroatoms. The molecule has 3 aliphatic heterocycles. The zero-order valence-corrected chi connectivity index (χ0v) is 23.4. The lowest BCUT2D eigenvalue weighted by atomic mass is 9.73. The maximum absolute atomic E-state index is 13.6. The monoisotopic (exact) mass is 620 g/mol. The molecule has 4 aliphatic rings. The summed E-state index contributed by atoms with van der Waals surface area (Å²) in [6.45, 7) is 5.49. The molecule has 3 heterocycles. The highest BCUT2D eigenvalue weighted by molar-refractivity contribution is 6.48. The molecule has 3 saturated heterocycles. The summed E-state index contributed by atoms with van der Waals surface area (Å²) in [5.74, 6) is -5.25. The van der Waals surface area contributed by atoms with Crippen molar-refractivity contribution in [1.29, 1.82) is 0 Å². The van der Waals surface area contributed by atoms with Gasteiger partial charge in [0, 0.05) is 0 Å². The molecule has 1 saturated carbocycles. The van der Waals surface area contributed by atoms with E-state index < -0.39 is 102 Å². The molecule has 0 radical (unpaired) electrons. The summed E-state index contributed by atoms with van der Waals surface area (Å²) in [5.41, 5.74) is -5.21. The third-order valence-electron chi connectivity index (χ3n) is 8.60. The number of carboxylic acid groups (broad SMARTS) is 1. The van der Waals surface area contributed by atoms with Crippen molar-refractivity contribution in [3.8, 4) is 0 Å². The smallest absolute Gasteiger partial charge is 0.481 e. The van der Waals surface area contributed by atoms with Crippen LogP contribution < -0.4 is 10.6 Å². The summed E-state index contributed by atoms with van der Waals surface area (Å²) in [6, 6.07) is -0.762. The van der Waals surface area contributed by atoms with E-state index >= 15 is 0 Å². The summed E-state index contributed by atoms with van der Waals surface area (Å²) < 4.78 is 98.8. The van der Waals surface area contributed by atoms with E-state index in [4.69, 9.17) is 14.0 Å². The summed E-state index contributed by atoms with van der Waals surface area (Å²) >= 11 is 0. The molecule has 7 atom stereocenters. The quantitative estimate of drug-likeness (QED) is 0.283. The zero-order valence-electron chi connectivity index (χ0n) is 23.4. The number of benzene rings is 1.